The molecule has 0 saturated heterocycles. The Hall–Kier alpha value is -5.04. The smallest absolute Gasteiger partial charge is 0.429 e. The summed E-state index contributed by atoms with van der Waals surface area (Å²) in [6, 6.07) is 5.32. The van der Waals surface area contributed by atoms with Crippen molar-refractivity contribution in [1.82, 2.24) is 0 Å². The maximum absolute atomic E-state index is 14.8. The zero-order chi connectivity index (χ0) is 34.7. The number of ether oxygens (including phenoxy) is 1. The zero-order valence-electron chi connectivity index (χ0n) is 23.5. The van der Waals surface area contributed by atoms with Crippen LogP contribution in [0.15, 0.2) is 78.9 Å². The molecule has 0 aliphatic heterocycles. The summed E-state index contributed by atoms with van der Waals surface area (Å²) < 4.78 is 173. The molecule has 0 saturated carbocycles. The van der Waals surface area contributed by atoms with Crippen molar-refractivity contribution in [2.45, 2.75) is 31.3 Å². The normalized spacial score (nSPS) is 16.3. The van der Waals surface area contributed by atoms with E-state index in [9.17, 15) is 52.7 Å². The summed E-state index contributed by atoms with van der Waals surface area (Å²) in [5, 5.41) is 0. The second-order valence-corrected chi connectivity index (χ2v) is 9.93. The summed E-state index contributed by atoms with van der Waals surface area (Å²) in [5.41, 5.74) is -4.78. The van der Waals surface area contributed by atoms with Gasteiger partial charge in [-0.15, -0.1) is 6.58 Å². The largest absolute Gasteiger partial charge is 0.432 e. The van der Waals surface area contributed by atoms with Crippen molar-refractivity contribution in [2.24, 2.45) is 5.92 Å². The Kier molecular flexibility index (Phi) is 10.2. The van der Waals surface area contributed by atoms with Crippen LogP contribution in [0.5, 0.6) is 0 Å². The predicted molar refractivity (Wildman–Crippen MR) is 146 cm³/mol. The van der Waals surface area contributed by atoms with Crippen LogP contribution in [0.2, 0.25) is 0 Å². The average molecular weight is 670 g/mol. The number of aryl methyl sites for hydroxylation is 1. The summed E-state index contributed by atoms with van der Waals surface area (Å²) in [5.74, 6) is -4.90. The van der Waals surface area contributed by atoms with Crippen LogP contribution in [0.3, 0.4) is 0 Å². The fraction of sp³-hybridized carbons (Fsp3) is 0.176. The highest BCUT2D eigenvalue weighted by Gasteiger charge is 2.43. The molecule has 47 heavy (non-hydrogen) atoms. The Morgan fingerprint density at radius 3 is 1.85 bits per heavy atom. The molecule has 2 atom stereocenters. The number of hydrogen-bond acceptors (Lipinski definition) is 1. The molecule has 244 valence electrons. The van der Waals surface area contributed by atoms with Crippen LogP contribution >= 0.6 is 0 Å². The lowest BCUT2D eigenvalue weighted by atomic mass is 9.96. The summed E-state index contributed by atoms with van der Waals surface area (Å²) in [7, 11) is 0. The van der Waals surface area contributed by atoms with E-state index in [4.69, 9.17) is 0 Å². The van der Waals surface area contributed by atoms with E-state index in [0.717, 1.165) is 0 Å². The summed E-state index contributed by atoms with van der Waals surface area (Å²) in [6.07, 6.45) is -9.51. The van der Waals surface area contributed by atoms with E-state index in [2.05, 4.69) is 23.2 Å². The van der Waals surface area contributed by atoms with Crippen molar-refractivity contribution in [1.29, 1.82) is 0 Å². The first-order chi connectivity index (χ1) is 22.0. The molecule has 2 unspecified atom stereocenters. The first-order valence-corrected chi connectivity index (χ1v) is 13.3. The third-order valence-corrected chi connectivity index (χ3v) is 6.51. The van der Waals surface area contributed by atoms with Gasteiger partial charge in [-0.25, -0.2) is 30.7 Å². The van der Waals surface area contributed by atoms with E-state index >= 15 is 0 Å². The molecule has 0 heterocycles. The summed E-state index contributed by atoms with van der Waals surface area (Å²) in [4.78, 5) is 0. The molecule has 1 aliphatic carbocycles. The standard InChI is InChI=1S/C34H18F12O/c1-2-3-4-18-5-8-21(24(35)11-18)9-6-19-14-29(40)32(30(41)15-19)34(45,46)47-22-16-25(36)23(26(37)17-22)10-7-20-12-27(38)31(28(39)13-20)33(42,43)44/h2,5,8,11-17,23,25H,1,3-4H2. The van der Waals surface area contributed by atoms with E-state index in [0.29, 0.717) is 30.5 Å². The van der Waals surface area contributed by atoms with Crippen LogP contribution in [0.4, 0.5) is 52.7 Å². The fourth-order valence-corrected chi connectivity index (χ4v) is 4.31. The van der Waals surface area contributed by atoms with Crippen LogP contribution in [0, 0.1) is 58.7 Å². The van der Waals surface area contributed by atoms with Gasteiger partial charge < -0.3 is 4.74 Å². The Morgan fingerprint density at radius 1 is 0.745 bits per heavy atom. The minimum atomic E-state index is -5.37. The molecule has 0 fully saturated rings. The molecule has 0 spiro atoms. The van der Waals surface area contributed by atoms with Crippen molar-refractivity contribution in [2.75, 3.05) is 0 Å². The van der Waals surface area contributed by atoms with Crippen molar-refractivity contribution < 1.29 is 57.4 Å². The third kappa shape index (κ3) is 8.22. The average Bonchev–Trinajstić information content (AvgIpc) is 2.93. The monoisotopic (exact) mass is 670 g/mol. The molecule has 13 heteroatoms. The zero-order valence-corrected chi connectivity index (χ0v) is 23.5. The highest BCUT2D eigenvalue weighted by atomic mass is 19.4. The minimum Gasteiger partial charge on any atom is -0.429 e. The molecule has 3 aromatic carbocycles. The fourth-order valence-electron chi connectivity index (χ4n) is 4.31. The molecule has 1 nitrogen and oxygen atoms in total. The molecule has 1 aliphatic rings. The Morgan fingerprint density at radius 2 is 1.32 bits per heavy atom. The number of rotatable bonds is 6. The summed E-state index contributed by atoms with van der Waals surface area (Å²) in [6.45, 7) is 3.57. The van der Waals surface area contributed by atoms with Crippen LogP contribution in [-0.2, 0) is 23.4 Å². The number of allylic oxidation sites excluding steroid dienone is 4. The van der Waals surface area contributed by atoms with Crippen LogP contribution in [0.25, 0.3) is 0 Å². The Bertz CT molecular complexity index is 1850. The molecule has 3 aromatic rings. The van der Waals surface area contributed by atoms with Gasteiger partial charge in [-0.1, -0.05) is 35.8 Å². The van der Waals surface area contributed by atoms with Gasteiger partial charge in [-0.3, -0.25) is 0 Å². The molecule has 0 N–H and O–H groups in total. The van der Waals surface area contributed by atoms with Crippen molar-refractivity contribution in [3.8, 4) is 23.7 Å². The van der Waals surface area contributed by atoms with Gasteiger partial charge in [0.05, 0.1) is 5.56 Å². The minimum absolute atomic E-state index is 0.133. The molecule has 0 bridgehead atoms. The first-order valence-electron chi connectivity index (χ1n) is 13.3. The second kappa shape index (κ2) is 13.8. The third-order valence-electron chi connectivity index (χ3n) is 6.51. The molecule has 0 aromatic heterocycles. The van der Waals surface area contributed by atoms with E-state index in [1.165, 1.54) is 12.1 Å². The number of benzene rings is 3. The lowest BCUT2D eigenvalue weighted by molar-refractivity contribution is -0.225. The topological polar surface area (TPSA) is 9.23 Å². The van der Waals surface area contributed by atoms with E-state index in [1.807, 2.05) is 11.8 Å². The lowest BCUT2D eigenvalue weighted by Gasteiger charge is -2.23. The molecule has 0 amide bonds. The van der Waals surface area contributed by atoms with Gasteiger partial charge in [0, 0.05) is 17.2 Å². The highest BCUT2D eigenvalue weighted by molar-refractivity contribution is 5.46. The first kappa shape index (κ1) is 34.8. The number of alkyl halides is 6. The van der Waals surface area contributed by atoms with E-state index < -0.39 is 87.3 Å². The van der Waals surface area contributed by atoms with Gasteiger partial charge in [0.25, 0.3) is 0 Å². The molecular formula is C34H18F12O. The van der Waals surface area contributed by atoms with Crippen molar-refractivity contribution in [3.63, 3.8) is 0 Å². The van der Waals surface area contributed by atoms with Crippen LogP contribution in [-0.4, -0.2) is 6.17 Å². The quantitative estimate of drug-likeness (QED) is 0.144. The lowest BCUT2D eigenvalue weighted by Crippen LogP contribution is -2.24. The second-order valence-electron chi connectivity index (χ2n) is 9.93. The van der Waals surface area contributed by atoms with Gasteiger partial charge in [0.2, 0.25) is 0 Å². The van der Waals surface area contributed by atoms with Gasteiger partial charge >= 0.3 is 12.3 Å². The Balaban J connectivity index is 1.51. The van der Waals surface area contributed by atoms with Crippen molar-refractivity contribution >= 4 is 0 Å². The van der Waals surface area contributed by atoms with Gasteiger partial charge in [-0.05, 0) is 60.9 Å². The van der Waals surface area contributed by atoms with Crippen molar-refractivity contribution in [3.05, 3.63) is 141 Å². The van der Waals surface area contributed by atoms with Crippen LogP contribution < -0.4 is 0 Å². The van der Waals surface area contributed by atoms with Gasteiger partial charge in [0.15, 0.2) is 0 Å². The van der Waals surface area contributed by atoms with E-state index in [-0.39, 0.29) is 29.8 Å². The Labute approximate surface area is 259 Å². The number of halogens is 12. The maximum atomic E-state index is 14.8. The van der Waals surface area contributed by atoms with Gasteiger partial charge in [-0.2, -0.15) is 22.0 Å². The predicted octanol–water partition coefficient (Wildman–Crippen LogP) is 9.74. The van der Waals surface area contributed by atoms with E-state index in [1.54, 1.807) is 12.1 Å². The molecule has 4 rings (SSSR count). The molecular weight excluding hydrogens is 652 g/mol. The summed E-state index contributed by atoms with van der Waals surface area (Å²) >= 11 is 0. The maximum Gasteiger partial charge on any atom is 0.432 e. The van der Waals surface area contributed by atoms with Crippen LogP contribution in [0.1, 0.15) is 39.8 Å². The highest BCUT2D eigenvalue weighted by Crippen LogP contribution is 2.39. The SMILES string of the molecule is C=CCCc1ccc(C#Cc2cc(F)c(C(F)(F)OC3=CC(F)C(C#Cc4cc(F)c(C(F)(F)F)c(F)c4)C(F)=C3)c(F)c2)c(F)c1. The number of hydrogen-bond donors (Lipinski definition) is 0. The van der Waals surface area contributed by atoms with Gasteiger partial charge in [0.1, 0.15) is 63.9 Å². The molecule has 0 radical (unpaired) electrons.